The Morgan fingerprint density at radius 3 is 2.86 bits per heavy atom. The first kappa shape index (κ1) is 14.4. The Hall–Kier alpha value is -1.55. The van der Waals surface area contributed by atoms with Gasteiger partial charge in [0.05, 0.1) is 5.54 Å². The molecule has 1 fully saturated rings. The molecule has 0 saturated carbocycles. The van der Waals surface area contributed by atoms with Gasteiger partial charge in [-0.3, -0.25) is 0 Å². The summed E-state index contributed by atoms with van der Waals surface area (Å²) in [5.74, 6) is 1.58. The summed E-state index contributed by atoms with van der Waals surface area (Å²) in [5, 5.41) is 0.691. The van der Waals surface area contributed by atoms with E-state index in [0.29, 0.717) is 10.8 Å². The SMILES string of the molecule is C=CC1=C(C=C)C2(N)CN(C)C[C@H]2c2cc(Cl)ccc2O1. The van der Waals surface area contributed by atoms with Gasteiger partial charge < -0.3 is 15.4 Å². The minimum absolute atomic E-state index is 0.113. The molecule has 2 aliphatic rings. The van der Waals surface area contributed by atoms with E-state index in [2.05, 4.69) is 25.1 Å². The van der Waals surface area contributed by atoms with Crippen molar-refractivity contribution in [2.45, 2.75) is 11.5 Å². The summed E-state index contributed by atoms with van der Waals surface area (Å²) in [7, 11) is 2.07. The zero-order valence-electron chi connectivity index (χ0n) is 12.1. The molecule has 3 rings (SSSR count). The van der Waals surface area contributed by atoms with E-state index in [1.54, 1.807) is 12.2 Å². The van der Waals surface area contributed by atoms with Gasteiger partial charge in [-0.15, -0.1) is 0 Å². The van der Waals surface area contributed by atoms with Crippen LogP contribution >= 0.6 is 11.6 Å². The van der Waals surface area contributed by atoms with Crippen LogP contribution in [-0.4, -0.2) is 30.6 Å². The van der Waals surface area contributed by atoms with Crippen molar-refractivity contribution in [3.05, 3.63) is 65.4 Å². The van der Waals surface area contributed by atoms with Gasteiger partial charge >= 0.3 is 0 Å². The van der Waals surface area contributed by atoms with Gasteiger partial charge in [0.15, 0.2) is 0 Å². The van der Waals surface area contributed by atoms with Crippen molar-refractivity contribution in [1.82, 2.24) is 4.90 Å². The van der Waals surface area contributed by atoms with Gasteiger partial charge in [0.2, 0.25) is 0 Å². The number of allylic oxidation sites excluding steroid dienone is 1. The van der Waals surface area contributed by atoms with Crippen LogP contribution in [0.2, 0.25) is 5.02 Å². The number of halogens is 1. The highest BCUT2D eigenvalue weighted by Crippen LogP contribution is 2.46. The predicted molar refractivity (Wildman–Crippen MR) is 86.7 cm³/mol. The van der Waals surface area contributed by atoms with Crippen LogP contribution in [-0.2, 0) is 0 Å². The lowest BCUT2D eigenvalue weighted by molar-refractivity contribution is 0.381. The fourth-order valence-electron chi connectivity index (χ4n) is 3.47. The van der Waals surface area contributed by atoms with E-state index < -0.39 is 5.54 Å². The maximum atomic E-state index is 6.80. The van der Waals surface area contributed by atoms with Crippen LogP contribution in [0.5, 0.6) is 5.75 Å². The van der Waals surface area contributed by atoms with Gasteiger partial charge in [-0.1, -0.05) is 30.8 Å². The van der Waals surface area contributed by atoms with Crippen LogP contribution in [0, 0.1) is 0 Å². The van der Waals surface area contributed by atoms with Crippen molar-refractivity contribution in [2.24, 2.45) is 5.73 Å². The number of nitrogens with zero attached hydrogens (tertiary/aromatic N) is 1. The number of fused-ring (bicyclic) bond motifs is 3. The third-order valence-electron chi connectivity index (χ3n) is 4.37. The molecule has 0 aromatic heterocycles. The van der Waals surface area contributed by atoms with Gasteiger partial charge in [-0.05, 0) is 31.3 Å². The molecule has 2 N–H and O–H groups in total. The summed E-state index contributed by atoms with van der Waals surface area (Å²) in [6.45, 7) is 9.38. The summed E-state index contributed by atoms with van der Waals surface area (Å²) in [5.41, 5.74) is 8.20. The Balaban J connectivity index is 2.27. The molecule has 1 unspecified atom stereocenters. The van der Waals surface area contributed by atoms with Crippen molar-refractivity contribution in [2.75, 3.05) is 20.1 Å². The molecule has 4 heteroatoms. The normalized spacial score (nSPS) is 28.4. The van der Waals surface area contributed by atoms with Gasteiger partial charge in [0.1, 0.15) is 11.5 Å². The molecular weight excluding hydrogens is 284 g/mol. The number of rotatable bonds is 2. The van der Waals surface area contributed by atoms with Crippen molar-refractivity contribution in [3.63, 3.8) is 0 Å². The fourth-order valence-corrected chi connectivity index (χ4v) is 3.65. The average Bonchev–Trinajstić information content (AvgIpc) is 2.71. The third kappa shape index (κ3) is 2.13. The van der Waals surface area contributed by atoms with E-state index in [1.165, 1.54) is 0 Å². The van der Waals surface area contributed by atoms with Crippen LogP contribution in [0.4, 0.5) is 0 Å². The number of likely N-dealkylation sites (N-methyl/N-ethyl adjacent to an activating group) is 1. The Morgan fingerprint density at radius 2 is 2.19 bits per heavy atom. The van der Waals surface area contributed by atoms with Crippen molar-refractivity contribution < 1.29 is 4.74 Å². The van der Waals surface area contributed by atoms with Crippen molar-refractivity contribution >= 4 is 11.6 Å². The zero-order chi connectivity index (χ0) is 15.2. The molecule has 2 atom stereocenters. The Bertz CT molecular complexity index is 652. The van der Waals surface area contributed by atoms with E-state index in [4.69, 9.17) is 22.1 Å². The summed E-state index contributed by atoms with van der Waals surface area (Å²) in [6, 6.07) is 5.68. The highest BCUT2D eigenvalue weighted by Gasteiger charge is 2.48. The Kier molecular flexibility index (Phi) is 3.44. The lowest BCUT2D eigenvalue weighted by Gasteiger charge is -2.30. The molecular formula is C17H19ClN2O. The second kappa shape index (κ2) is 5.02. The predicted octanol–water partition coefficient (Wildman–Crippen LogP) is 3.09. The third-order valence-corrected chi connectivity index (χ3v) is 4.61. The van der Waals surface area contributed by atoms with Gasteiger partial charge in [-0.25, -0.2) is 0 Å². The second-order valence-corrected chi connectivity index (χ2v) is 6.20. The molecule has 110 valence electrons. The highest BCUT2D eigenvalue weighted by molar-refractivity contribution is 6.30. The first-order valence-electron chi connectivity index (χ1n) is 6.94. The number of hydrogen-bond donors (Lipinski definition) is 1. The molecule has 1 aromatic rings. The van der Waals surface area contributed by atoms with Gasteiger partial charge in [0, 0.05) is 35.2 Å². The van der Waals surface area contributed by atoms with Crippen LogP contribution in [0.15, 0.2) is 54.8 Å². The van der Waals surface area contributed by atoms with Gasteiger partial charge in [-0.2, -0.15) is 0 Å². The highest BCUT2D eigenvalue weighted by atomic mass is 35.5. The molecule has 2 heterocycles. The summed E-state index contributed by atoms with van der Waals surface area (Å²) in [6.07, 6.45) is 3.49. The topological polar surface area (TPSA) is 38.5 Å². The molecule has 1 saturated heterocycles. The molecule has 2 aliphatic heterocycles. The number of likely N-dealkylation sites (tertiary alicyclic amines) is 1. The van der Waals surface area contributed by atoms with Crippen molar-refractivity contribution in [1.29, 1.82) is 0 Å². The monoisotopic (exact) mass is 302 g/mol. The number of benzene rings is 1. The fraction of sp³-hybridized carbons (Fsp3) is 0.294. The van der Waals surface area contributed by atoms with E-state index in [1.807, 2.05) is 18.2 Å². The molecule has 0 amide bonds. The number of nitrogens with two attached hydrogens (primary N) is 1. The Morgan fingerprint density at radius 1 is 1.43 bits per heavy atom. The van der Waals surface area contributed by atoms with Crippen LogP contribution in [0.25, 0.3) is 0 Å². The molecule has 1 aromatic carbocycles. The first-order valence-corrected chi connectivity index (χ1v) is 7.31. The second-order valence-electron chi connectivity index (χ2n) is 5.76. The number of hydrogen-bond acceptors (Lipinski definition) is 3. The molecule has 3 nitrogen and oxygen atoms in total. The van der Waals surface area contributed by atoms with Crippen LogP contribution in [0.1, 0.15) is 11.5 Å². The van der Waals surface area contributed by atoms with Gasteiger partial charge in [0.25, 0.3) is 0 Å². The lowest BCUT2D eigenvalue weighted by Crippen LogP contribution is -2.48. The largest absolute Gasteiger partial charge is 0.457 e. The Labute approximate surface area is 130 Å². The van der Waals surface area contributed by atoms with E-state index in [0.717, 1.165) is 30.0 Å². The number of ether oxygens (including phenoxy) is 1. The summed E-state index contributed by atoms with van der Waals surface area (Å²) in [4.78, 5) is 2.23. The van der Waals surface area contributed by atoms with E-state index in [9.17, 15) is 0 Å². The van der Waals surface area contributed by atoms with Crippen LogP contribution < -0.4 is 10.5 Å². The molecule has 0 radical (unpaired) electrons. The zero-order valence-corrected chi connectivity index (χ0v) is 12.9. The standard InChI is InChI=1S/C17H19ClN2O/c1-4-13-15(5-2)21-16-7-6-11(18)8-12(16)14-9-20(3)10-17(13,14)19/h4-8,14H,1-2,9-10,19H2,3H3/t14-,17?/m0/s1. The molecule has 0 aliphatic carbocycles. The lowest BCUT2D eigenvalue weighted by atomic mass is 9.77. The van der Waals surface area contributed by atoms with E-state index in [-0.39, 0.29) is 5.92 Å². The summed E-state index contributed by atoms with van der Waals surface area (Å²) >= 11 is 6.18. The van der Waals surface area contributed by atoms with E-state index >= 15 is 0 Å². The maximum absolute atomic E-state index is 6.80. The molecule has 0 bridgehead atoms. The molecule has 0 spiro atoms. The quantitative estimate of drug-likeness (QED) is 0.912. The first-order chi connectivity index (χ1) is 9.99. The summed E-state index contributed by atoms with van der Waals surface area (Å²) < 4.78 is 6.03. The average molecular weight is 303 g/mol. The molecule has 21 heavy (non-hydrogen) atoms. The minimum atomic E-state index is -0.546. The van der Waals surface area contributed by atoms with Crippen LogP contribution in [0.3, 0.4) is 0 Å². The smallest absolute Gasteiger partial charge is 0.131 e. The minimum Gasteiger partial charge on any atom is -0.457 e. The maximum Gasteiger partial charge on any atom is 0.131 e. The van der Waals surface area contributed by atoms with Crippen molar-refractivity contribution in [3.8, 4) is 5.75 Å².